The highest BCUT2D eigenvalue weighted by atomic mass is 32.1. The van der Waals surface area contributed by atoms with Crippen molar-refractivity contribution < 1.29 is 4.42 Å². The first-order chi connectivity index (χ1) is 21.8. The van der Waals surface area contributed by atoms with Crippen molar-refractivity contribution in [3.8, 4) is 22.3 Å². The molecule has 0 bridgehead atoms. The third-order valence-electron chi connectivity index (χ3n) is 9.22. The fourth-order valence-corrected chi connectivity index (χ4v) is 8.37. The molecule has 10 rings (SSSR count). The van der Waals surface area contributed by atoms with Gasteiger partial charge in [0.2, 0.25) is 0 Å². The fraction of sp³-hybridized carbons (Fsp3) is 0. The summed E-state index contributed by atoms with van der Waals surface area (Å²) in [6.45, 7) is 0. The molecule has 2 heterocycles. The number of benzene rings is 8. The van der Waals surface area contributed by atoms with Crippen LogP contribution in [0.15, 0.2) is 150 Å². The normalized spacial score (nSPS) is 12.1. The summed E-state index contributed by atoms with van der Waals surface area (Å²) in [7, 11) is 0. The van der Waals surface area contributed by atoms with Crippen molar-refractivity contribution in [2.45, 2.75) is 0 Å². The molecule has 0 atom stereocenters. The number of thiophene rings is 1. The van der Waals surface area contributed by atoms with Gasteiger partial charge < -0.3 is 4.42 Å². The van der Waals surface area contributed by atoms with Crippen LogP contribution in [-0.4, -0.2) is 0 Å². The number of fused-ring (bicyclic) bond motifs is 9. The fourth-order valence-electron chi connectivity index (χ4n) is 7.25. The third kappa shape index (κ3) is 3.40. The Morgan fingerprint density at radius 2 is 0.841 bits per heavy atom. The van der Waals surface area contributed by atoms with Gasteiger partial charge in [-0.15, -0.1) is 11.3 Å². The number of furan rings is 1. The molecule has 0 aliphatic rings. The van der Waals surface area contributed by atoms with Gasteiger partial charge in [0, 0.05) is 30.9 Å². The van der Waals surface area contributed by atoms with Gasteiger partial charge in [0.1, 0.15) is 11.2 Å². The molecule has 0 spiro atoms. The Kier molecular flexibility index (Phi) is 4.94. The third-order valence-corrected chi connectivity index (χ3v) is 10.4. The van der Waals surface area contributed by atoms with E-state index in [-0.39, 0.29) is 0 Å². The zero-order chi connectivity index (χ0) is 28.8. The molecular formula is C42H24OS. The minimum absolute atomic E-state index is 0.921. The van der Waals surface area contributed by atoms with Crippen LogP contribution in [0.25, 0.3) is 96.7 Å². The molecule has 0 saturated heterocycles. The van der Waals surface area contributed by atoms with Crippen molar-refractivity contribution in [3.63, 3.8) is 0 Å². The maximum absolute atomic E-state index is 6.18. The molecule has 0 amide bonds. The second-order valence-corrected chi connectivity index (χ2v) is 12.7. The second kappa shape index (κ2) is 9.03. The molecule has 0 N–H and O–H groups in total. The van der Waals surface area contributed by atoms with Gasteiger partial charge in [0.15, 0.2) is 0 Å². The minimum atomic E-state index is 0.921. The van der Waals surface area contributed by atoms with Gasteiger partial charge in [-0.3, -0.25) is 0 Å². The lowest BCUT2D eigenvalue weighted by Crippen LogP contribution is -1.90. The van der Waals surface area contributed by atoms with E-state index < -0.39 is 0 Å². The standard InChI is InChI=1S/C42H24OS/c1-2-10-26-24-40-36(21-25(26)9-1)35-23-28(18-20-39(35)44-40)42-32-14-5-3-12-30(32)41(31-13-4-6-15-33(31)42)27-17-19-38-34(22-27)29-11-7-8-16-37(29)43-38/h1-24H. The minimum Gasteiger partial charge on any atom is -0.456 e. The first-order valence-corrected chi connectivity index (χ1v) is 15.8. The maximum atomic E-state index is 6.18. The van der Waals surface area contributed by atoms with Gasteiger partial charge in [0.05, 0.1) is 0 Å². The summed E-state index contributed by atoms with van der Waals surface area (Å²) in [4.78, 5) is 0. The van der Waals surface area contributed by atoms with E-state index in [9.17, 15) is 0 Å². The zero-order valence-electron chi connectivity index (χ0n) is 23.7. The van der Waals surface area contributed by atoms with Crippen LogP contribution in [0.5, 0.6) is 0 Å². The second-order valence-electron chi connectivity index (χ2n) is 11.7. The van der Waals surface area contributed by atoms with Crippen LogP contribution in [0.1, 0.15) is 0 Å². The van der Waals surface area contributed by atoms with E-state index in [1.807, 2.05) is 23.5 Å². The molecule has 204 valence electrons. The van der Waals surface area contributed by atoms with E-state index in [2.05, 4.69) is 133 Å². The summed E-state index contributed by atoms with van der Waals surface area (Å²) in [6.07, 6.45) is 0. The molecule has 0 saturated carbocycles. The molecule has 2 aromatic heterocycles. The monoisotopic (exact) mass is 576 g/mol. The maximum Gasteiger partial charge on any atom is 0.135 e. The molecule has 0 unspecified atom stereocenters. The van der Waals surface area contributed by atoms with Gasteiger partial charge in [-0.25, -0.2) is 0 Å². The van der Waals surface area contributed by atoms with Crippen LogP contribution in [0.2, 0.25) is 0 Å². The Labute approximate surface area is 257 Å². The van der Waals surface area contributed by atoms with E-state index in [0.717, 1.165) is 21.9 Å². The predicted octanol–water partition coefficient (Wildman–Crippen LogP) is 12.7. The molecular weight excluding hydrogens is 553 g/mol. The van der Waals surface area contributed by atoms with Crippen molar-refractivity contribution in [2.24, 2.45) is 0 Å². The quantitative estimate of drug-likeness (QED) is 0.187. The smallest absolute Gasteiger partial charge is 0.135 e. The average Bonchev–Trinajstić information content (AvgIpc) is 3.63. The van der Waals surface area contributed by atoms with Crippen molar-refractivity contribution >= 4 is 85.8 Å². The topological polar surface area (TPSA) is 13.1 Å². The van der Waals surface area contributed by atoms with Crippen LogP contribution in [0, 0.1) is 0 Å². The summed E-state index contributed by atoms with van der Waals surface area (Å²) in [5, 5.41) is 12.6. The molecule has 0 radical (unpaired) electrons. The van der Waals surface area contributed by atoms with E-state index in [4.69, 9.17) is 4.42 Å². The molecule has 0 aliphatic carbocycles. The Morgan fingerprint density at radius 1 is 0.341 bits per heavy atom. The van der Waals surface area contributed by atoms with Gasteiger partial charge in [-0.2, -0.15) is 0 Å². The van der Waals surface area contributed by atoms with E-state index in [1.165, 1.54) is 74.7 Å². The van der Waals surface area contributed by atoms with Gasteiger partial charge in [0.25, 0.3) is 0 Å². The first-order valence-electron chi connectivity index (χ1n) is 15.0. The number of rotatable bonds is 2. The Bertz CT molecular complexity index is 2720. The largest absolute Gasteiger partial charge is 0.456 e. The van der Waals surface area contributed by atoms with Crippen LogP contribution >= 0.6 is 11.3 Å². The molecule has 1 nitrogen and oxygen atoms in total. The number of hydrogen-bond donors (Lipinski definition) is 0. The summed E-state index contributed by atoms with van der Waals surface area (Å²) < 4.78 is 8.84. The van der Waals surface area contributed by atoms with Crippen LogP contribution in [-0.2, 0) is 0 Å². The van der Waals surface area contributed by atoms with E-state index >= 15 is 0 Å². The Balaban J connectivity index is 1.27. The SMILES string of the molecule is c1ccc2cc3c(cc2c1)sc1ccc(-c2c4ccccc4c(-c4ccc5oc6ccccc6c5c4)c4ccccc24)cc13. The first kappa shape index (κ1) is 24.0. The highest BCUT2D eigenvalue weighted by molar-refractivity contribution is 7.25. The van der Waals surface area contributed by atoms with Gasteiger partial charge >= 0.3 is 0 Å². The van der Waals surface area contributed by atoms with Crippen LogP contribution in [0.4, 0.5) is 0 Å². The zero-order valence-corrected chi connectivity index (χ0v) is 24.5. The van der Waals surface area contributed by atoms with Crippen molar-refractivity contribution in [2.75, 3.05) is 0 Å². The Morgan fingerprint density at radius 3 is 1.52 bits per heavy atom. The summed E-state index contributed by atoms with van der Waals surface area (Å²) >= 11 is 1.88. The highest BCUT2D eigenvalue weighted by Crippen LogP contribution is 2.46. The molecule has 2 heteroatoms. The molecule has 10 aromatic rings. The lowest BCUT2D eigenvalue weighted by molar-refractivity contribution is 0.669. The van der Waals surface area contributed by atoms with E-state index in [1.54, 1.807) is 0 Å². The summed E-state index contributed by atoms with van der Waals surface area (Å²) in [6, 6.07) is 53.2. The van der Waals surface area contributed by atoms with Gasteiger partial charge in [-0.05, 0) is 97.0 Å². The van der Waals surface area contributed by atoms with Crippen LogP contribution in [0.3, 0.4) is 0 Å². The molecule has 44 heavy (non-hydrogen) atoms. The van der Waals surface area contributed by atoms with Crippen LogP contribution < -0.4 is 0 Å². The number of para-hydroxylation sites is 1. The van der Waals surface area contributed by atoms with Crippen molar-refractivity contribution in [1.29, 1.82) is 0 Å². The average molecular weight is 577 g/mol. The molecule has 0 aliphatic heterocycles. The summed E-state index contributed by atoms with van der Waals surface area (Å²) in [5.74, 6) is 0. The van der Waals surface area contributed by atoms with Crippen molar-refractivity contribution in [3.05, 3.63) is 146 Å². The Hall–Kier alpha value is -5.44. The van der Waals surface area contributed by atoms with E-state index in [0.29, 0.717) is 0 Å². The lowest BCUT2D eigenvalue weighted by atomic mass is 9.85. The lowest BCUT2D eigenvalue weighted by Gasteiger charge is -2.18. The summed E-state index contributed by atoms with van der Waals surface area (Å²) in [5.41, 5.74) is 6.85. The number of hydrogen-bond acceptors (Lipinski definition) is 2. The predicted molar refractivity (Wildman–Crippen MR) is 190 cm³/mol. The highest BCUT2D eigenvalue weighted by Gasteiger charge is 2.18. The molecule has 8 aromatic carbocycles. The molecule has 0 fully saturated rings. The van der Waals surface area contributed by atoms with Crippen molar-refractivity contribution in [1.82, 2.24) is 0 Å². The van der Waals surface area contributed by atoms with Gasteiger partial charge in [-0.1, -0.05) is 103 Å².